The molecule has 1 aromatic heterocycles. The molecule has 4 rings (SSSR count). The average Bonchev–Trinajstić information content (AvgIpc) is 3.18. The first-order chi connectivity index (χ1) is 10.8. The highest BCUT2D eigenvalue weighted by Gasteiger charge is 2.24. The van der Waals surface area contributed by atoms with E-state index < -0.39 is 5.97 Å². The summed E-state index contributed by atoms with van der Waals surface area (Å²) in [5.74, 6) is -0.0462. The standard InChI is InChI=1S/C18H11NO2S/c20-18-16(11-15-6-3-9-22-15)19-17(21-18)14-8-7-12-4-1-2-5-13(12)10-14/h1-11H. The molecule has 0 amide bonds. The maximum Gasteiger partial charge on any atom is 0.363 e. The van der Waals surface area contributed by atoms with Crippen LogP contribution in [0.5, 0.6) is 0 Å². The molecule has 2 heterocycles. The van der Waals surface area contributed by atoms with Gasteiger partial charge in [-0.25, -0.2) is 9.79 Å². The number of cyclic esters (lactones) is 1. The molecule has 0 fully saturated rings. The molecule has 0 saturated carbocycles. The summed E-state index contributed by atoms with van der Waals surface area (Å²) in [6.45, 7) is 0. The minimum atomic E-state index is -0.406. The number of hydrogen-bond acceptors (Lipinski definition) is 4. The SMILES string of the molecule is O=C1OC(c2ccc3ccccc3c2)=NC1=Cc1cccs1. The number of nitrogens with zero attached hydrogens (tertiary/aromatic N) is 1. The predicted molar refractivity (Wildman–Crippen MR) is 88.9 cm³/mol. The number of carbonyl (C=O) groups excluding carboxylic acids is 1. The third kappa shape index (κ3) is 2.34. The number of esters is 1. The second-order valence-corrected chi connectivity index (χ2v) is 5.89. The van der Waals surface area contributed by atoms with E-state index in [-0.39, 0.29) is 0 Å². The van der Waals surface area contributed by atoms with E-state index in [9.17, 15) is 4.79 Å². The minimum Gasteiger partial charge on any atom is -0.402 e. The zero-order valence-corrected chi connectivity index (χ0v) is 12.3. The van der Waals surface area contributed by atoms with Crippen molar-refractivity contribution in [3.8, 4) is 0 Å². The van der Waals surface area contributed by atoms with E-state index >= 15 is 0 Å². The molecule has 3 nitrogen and oxygen atoms in total. The van der Waals surface area contributed by atoms with Gasteiger partial charge in [-0.2, -0.15) is 0 Å². The molecule has 106 valence electrons. The summed E-state index contributed by atoms with van der Waals surface area (Å²) in [6.07, 6.45) is 1.75. The van der Waals surface area contributed by atoms with Crippen LogP contribution in [0, 0.1) is 0 Å². The molecular weight excluding hydrogens is 294 g/mol. The molecule has 1 aliphatic rings. The summed E-state index contributed by atoms with van der Waals surface area (Å²) in [7, 11) is 0. The van der Waals surface area contributed by atoms with Gasteiger partial charge in [0.1, 0.15) is 0 Å². The normalized spacial score (nSPS) is 16.1. The highest BCUT2D eigenvalue weighted by atomic mass is 32.1. The van der Waals surface area contributed by atoms with Crippen LogP contribution < -0.4 is 0 Å². The fourth-order valence-corrected chi connectivity index (χ4v) is 3.01. The average molecular weight is 305 g/mol. The Labute approximate surface area is 131 Å². The van der Waals surface area contributed by atoms with Crippen LogP contribution in [0.1, 0.15) is 10.4 Å². The Morgan fingerprint density at radius 2 is 1.86 bits per heavy atom. The predicted octanol–water partition coefficient (Wildman–Crippen LogP) is 4.25. The lowest BCUT2D eigenvalue weighted by Crippen LogP contribution is -2.05. The van der Waals surface area contributed by atoms with E-state index in [0.29, 0.717) is 11.6 Å². The molecule has 0 aliphatic carbocycles. The summed E-state index contributed by atoms with van der Waals surface area (Å²) in [5, 5.41) is 4.20. The zero-order valence-electron chi connectivity index (χ0n) is 11.5. The van der Waals surface area contributed by atoms with Gasteiger partial charge in [0.2, 0.25) is 5.90 Å². The van der Waals surface area contributed by atoms with E-state index in [1.54, 1.807) is 17.4 Å². The second-order valence-electron chi connectivity index (χ2n) is 4.91. The van der Waals surface area contributed by atoms with Gasteiger partial charge in [-0.1, -0.05) is 36.4 Å². The van der Waals surface area contributed by atoms with Gasteiger partial charge in [0.15, 0.2) is 5.70 Å². The zero-order chi connectivity index (χ0) is 14.9. The molecule has 0 unspecified atom stereocenters. The third-order valence-electron chi connectivity index (χ3n) is 3.44. The summed E-state index contributed by atoms with van der Waals surface area (Å²) >= 11 is 1.56. The number of rotatable bonds is 2. The summed E-state index contributed by atoms with van der Waals surface area (Å²) < 4.78 is 5.31. The summed E-state index contributed by atoms with van der Waals surface area (Å²) in [6, 6.07) is 17.8. The fourth-order valence-electron chi connectivity index (χ4n) is 2.36. The number of ether oxygens (including phenoxy) is 1. The Balaban J connectivity index is 1.74. The van der Waals surface area contributed by atoms with Gasteiger partial charge in [0.05, 0.1) is 0 Å². The number of aliphatic imine (C=N–C) groups is 1. The van der Waals surface area contributed by atoms with Crippen LogP contribution in [0.25, 0.3) is 16.8 Å². The highest BCUT2D eigenvalue weighted by molar-refractivity contribution is 7.10. The molecule has 1 aliphatic heterocycles. The summed E-state index contributed by atoms with van der Waals surface area (Å²) in [4.78, 5) is 17.3. The Hall–Kier alpha value is -2.72. The lowest BCUT2D eigenvalue weighted by molar-refractivity contribution is -0.129. The van der Waals surface area contributed by atoms with Gasteiger partial charge in [-0.05, 0) is 40.4 Å². The van der Waals surface area contributed by atoms with Gasteiger partial charge in [-0.3, -0.25) is 0 Å². The number of thiophene rings is 1. The van der Waals surface area contributed by atoms with Crippen molar-refractivity contribution in [3.05, 3.63) is 76.1 Å². The summed E-state index contributed by atoms with van der Waals surface area (Å²) in [5.41, 5.74) is 1.15. The second kappa shape index (κ2) is 5.24. The smallest absolute Gasteiger partial charge is 0.363 e. The number of benzene rings is 2. The van der Waals surface area contributed by atoms with Crippen molar-refractivity contribution in [1.29, 1.82) is 0 Å². The van der Waals surface area contributed by atoms with Crippen molar-refractivity contribution < 1.29 is 9.53 Å². The molecule has 4 heteroatoms. The number of fused-ring (bicyclic) bond motifs is 1. The maximum atomic E-state index is 11.9. The Morgan fingerprint density at radius 1 is 1.00 bits per heavy atom. The quantitative estimate of drug-likeness (QED) is 0.524. The third-order valence-corrected chi connectivity index (χ3v) is 4.26. The van der Waals surface area contributed by atoms with Crippen molar-refractivity contribution >= 4 is 40.1 Å². The van der Waals surface area contributed by atoms with Gasteiger partial charge in [0.25, 0.3) is 0 Å². The molecule has 0 radical (unpaired) electrons. The first kappa shape index (κ1) is 13.0. The van der Waals surface area contributed by atoms with Gasteiger partial charge >= 0.3 is 5.97 Å². The Kier molecular flexibility index (Phi) is 3.09. The molecule has 22 heavy (non-hydrogen) atoms. The van der Waals surface area contributed by atoms with Crippen LogP contribution in [0.4, 0.5) is 0 Å². The highest BCUT2D eigenvalue weighted by Crippen LogP contribution is 2.23. The van der Waals surface area contributed by atoms with E-state index in [2.05, 4.69) is 4.99 Å². The minimum absolute atomic E-state index is 0.339. The molecule has 0 bridgehead atoms. The first-order valence-corrected chi connectivity index (χ1v) is 7.73. The van der Waals surface area contributed by atoms with Crippen LogP contribution in [0.3, 0.4) is 0 Å². The molecule has 0 atom stereocenters. The monoisotopic (exact) mass is 305 g/mol. The Morgan fingerprint density at radius 3 is 2.68 bits per heavy atom. The molecule has 2 aromatic carbocycles. The van der Waals surface area contributed by atoms with Crippen LogP contribution in [-0.2, 0) is 9.53 Å². The van der Waals surface area contributed by atoms with Gasteiger partial charge < -0.3 is 4.74 Å². The number of carbonyl (C=O) groups is 1. The number of hydrogen-bond donors (Lipinski definition) is 0. The van der Waals surface area contributed by atoms with Crippen LogP contribution in [0.2, 0.25) is 0 Å². The van der Waals surface area contributed by atoms with Crippen molar-refractivity contribution in [2.24, 2.45) is 4.99 Å². The van der Waals surface area contributed by atoms with E-state index in [1.165, 1.54) is 0 Å². The van der Waals surface area contributed by atoms with Crippen molar-refractivity contribution in [3.63, 3.8) is 0 Å². The maximum absolute atomic E-state index is 11.9. The molecule has 0 saturated heterocycles. The molecule has 3 aromatic rings. The lowest BCUT2D eigenvalue weighted by Gasteiger charge is -2.02. The van der Waals surface area contributed by atoms with Crippen LogP contribution in [0.15, 0.2) is 70.7 Å². The van der Waals surface area contributed by atoms with E-state index in [1.807, 2.05) is 60.0 Å². The van der Waals surface area contributed by atoms with Gasteiger partial charge in [-0.15, -0.1) is 11.3 Å². The van der Waals surface area contributed by atoms with Crippen LogP contribution >= 0.6 is 11.3 Å². The topological polar surface area (TPSA) is 38.7 Å². The molecule has 0 spiro atoms. The van der Waals surface area contributed by atoms with Gasteiger partial charge in [0, 0.05) is 10.4 Å². The Bertz CT molecular complexity index is 923. The van der Waals surface area contributed by atoms with Crippen molar-refractivity contribution in [1.82, 2.24) is 0 Å². The molecular formula is C18H11NO2S. The fraction of sp³-hybridized carbons (Fsp3) is 0. The van der Waals surface area contributed by atoms with E-state index in [4.69, 9.17) is 4.74 Å². The largest absolute Gasteiger partial charge is 0.402 e. The van der Waals surface area contributed by atoms with E-state index in [0.717, 1.165) is 21.2 Å². The first-order valence-electron chi connectivity index (χ1n) is 6.85. The lowest BCUT2D eigenvalue weighted by atomic mass is 10.1. The van der Waals surface area contributed by atoms with Crippen molar-refractivity contribution in [2.75, 3.05) is 0 Å². The molecule has 0 N–H and O–H groups in total. The van der Waals surface area contributed by atoms with Crippen molar-refractivity contribution in [2.45, 2.75) is 0 Å². The van der Waals surface area contributed by atoms with Crippen LogP contribution in [-0.4, -0.2) is 11.9 Å².